The summed E-state index contributed by atoms with van der Waals surface area (Å²) in [6.45, 7) is 9.23. The van der Waals surface area contributed by atoms with Crippen molar-refractivity contribution in [2.75, 3.05) is 33.5 Å². The van der Waals surface area contributed by atoms with E-state index < -0.39 is 142 Å². The van der Waals surface area contributed by atoms with Crippen molar-refractivity contribution in [1.82, 2.24) is 0 Å². The first-order valence-electron chi connectivity index (χ1n) is 26.7. The van der Waals surface area contributed by atoms with E-state index in [1.54, 1.807) is 7.11 Å². The van der Waals surface area contributed by atoms with Gasteiger partial charge in [-0.25, -0.2) is 0 Å². The summed E-state index contributed by atoms with van der Waals surface area (Å²) >= 11 is 0. The zero-order valence-electron chi connectivity index (χ0n) is 42.8. The van der Waals surface area contributed by atoms with Crippen LogP contribution >= 0.6 is 0 Å². The van der Waals surface area contributed by atoms with E-state index in [0.717, 1.165) is 32.1 Å². The number of ether oxygens (including phenoxy) is 10. The molecule has 0 spiro atoms. The Labute approximate surface area is 426 Å². The van der Waals surface area contributed by atoms with Crippen LogP contribution < -0.4 is 0 Å². The van der Waals surface area contributed by atoms with E-state index in [1.165, 1.54) is 12.5 Å². The topological polar surface area (TPSA) is 335 Å². The van der Waals surface area contributed by atoms with Gasteiger partial charge < -0.3 is 109 Å². The van der Waals surface area contributed by atoms with Gasteiger partial charge in [-0.15, -0.1) is 0 Å². The molecule has 3 saturated carbocycles. The summed E-state index contributed by atoms with van der Waals surface area (Å²) in [6, 6.07) is 0. The molecule has 5 saturated heterocycles. The number of methoxy groups -OCH3 is 1. The van der Waals surface area contributed by atoms with Gasteiger partial charge >= 0.3 is 0 Å². The fourth-order valence-corrected chi connectivity index (χ4v) is 15.0. The smallest absolute Gasteiger partial charge is 0.187 e. The van der Waals surface area contributed by atoms with E-state index in [4.69, 9.17) is 47.4 Å². The summed E-state index contributed by atoms with van der Waals surface area (Å²) in [5.41, 5.74) is 1.20. The third-order valence-corrected chi connectivity index (χ3v) is 19.4. The first kappa shape index (κ1) is 56.6. The molecule has 0 bridgehead atoms. The monoisotopic (exact) mass is 1050 g/mol. The summed E-state index contributed by atoms with van der Waals surface area (Å²) in [5, 5.41) is 126. The minimum Gasteiger partial charge on any atom is -0.394 e. The number of fused-ring (bicyclic) bond motifs is 7. The van der Waals surface area contributed by atoms with Gasteiger partial charge in [0.15, 0.2) is 30.9 Å². The Morgan fingerprint density at radius 1 is 0.699 bits per heavy atom. The van der Waals surface area contributed by atoms with E-state index in [0.29, 0.717) is 43.4 Å². The van der Waals surface area contributed by atoms with Crippen molar-refractivity contribution in [3.05, 3.63) is 11.6 Å². The molecule has 0 aromatic heterocycles. The van der Waals surface area contributed by atoms with Crippen LogP contribution in [0.3, 0.4) is 0 Å². The molecule has 22 nitrogen and oxygen atoms in total. The Balaban J connectivity index is 0.851. The highest BCUT2D eigenvalue weighted by molar-refractivity contribution is 5.26. The Morgan fingerprint density at radius 3 is 2.08 bits per heavy atom. The van der Waals surface area contributed by atoms with Crippen LogP contribution in [0.4, 0.5) is 0 Å². The molecule has 30 atom stereocenters. The van der Waals surface area contributed by atoms with Gasteiger partial charge in [0, 0.05) is 19.4 Å². The Bertz CT molecular complexity index is 1880. The van der Waals surface area contributed by atoms with Crippen LogP contribution in [-0.4, -0.2) is 230 Å². The first-order chi connectivity index (χ1) is 34.6. The first-order valence-corrected chi connectivity index (χ1v) is 26.7. The highest BCUT2D eigenvalue weighted by Gasteiger charge is 2.68. The molecule has 12 N–H and O–H groups in total. The number of allylic oxidation sites excluding steroid dienone is 1. The van der Waals surface area contributed by atoms with Crippen molar-refractivity contribution in [2.45, 2.75) is 227 Å². The van der Waals surface area contributed by atoms with E-state index in [1.807, 2.05) is 6.92 Å². The number of aliphatic hydroxyl groups excluding tert-OH is 12. The summed E-state index contributed by atoms with van der Waals surface area (Å²) in [4.78, 5) is 0. The number of hydrogen-bond acceptors (Lipinski definition) is 22. The van der Waals surface area contributed by atoms with E-state index >= 15 is 0 Å². The molecule has 4 aliphatic carbocycles. The highest BCUT2D eigenvalue weighted by atomic mass is 16.8. The van der Waals surface area contributed by atoms with Crippen molar-refractivity contribution in [3.8, 4) is 0 Å². The maximum Gasteiger partial charge on any atom is 0.187 e. The van der Waals surface area contributed by atoms with Crippen LogP contribution in [0.1, 0.15) is 92.4 Å². The van der Waals surface area contributed by atoms with Crippen LogP contribution in [0.15, 0.2) is 11.6 Å². The fraction of sp³-hybridized carbons (Fsp3) is 0.961. The molecular formula is C51H84O22. The number of rotatable bonds is 15. The maximum absolute atomic E-state index is 12.0. The largest absolute Gasteiger partial charge is 0.394 e. The van der Waals surface area contributed by atoms with Crippen LogP contribution in [0.5, 0.6) is 0 Å². The molecule has 73 heavy (non-hydrogen) atoms. The predicted molar refractivity (Wildman–Crippen MR) is 249 cm³/mol. The van der Waals surface area contributed by atoms with E-state index in [2.05, 4.69) is 26.8 Å². The summed E-state index contributed by atoms with van der Waals surface area (Å²) in [5.74, 6) is 0.894. The van der Waals surface area contributed by atoms with Gasteiger partial charge in [0.05, 0.1) is 44.7 Å². The Morgan fingerprint density at radius 2 is 1.37 bits per heavy atom. The minimum atomic E-state index is -1.74. The lowest BCUT2D eigenvalue weighted by atomic mass is 9.47. The van der Waals surface area contributed by atoms with Gasteiger partial charge in [0.25, 0.3) is 0 Å². The molecule has 5 aliphatic heterocycles. The van der Waals surface area contributed by atoms with Gasteiger partial charge in [0.2, 0.25) is 0 Å². The Kier molecular flexibility index (Phi) is 17.2. The molecule has 420 valence electrons. The van der Waals surface area contributed by atoms with Crippen LogP contribution in [-0.2, 0) is 47.4 Å². The molecule has 8 fully saturated rings. The predicted octanol–water partition coefficient (Wildman–Crippen LogP) is -1.71. The third kappa shape index (κ3) is 10.2. The normalized spacial score (nSPS) is 54.5. The molecular weight excluding hydrogens is 965 g/mol. The van der Waals surface area contributed by atoms with Gasteiger partial charge in [-0.3, -0.25) is 0 Å². The lowest BCUT2D eigenvalue weighted by molar-refractivity contribution is -0.385. The second-order valence-corrected chi connectivity index (χ2v) is 23.6. The van der Waals surface area contributed by atoms with Crippen LogP contribution in [0.2, 0.25) is 0 Å². The Hall–Kier alpha value is -1.14. The molecule has 0 radical (unpaired) electrons. The standard InChI is InChI=1S/C51H84O22/c1-21(19-65-45-40(61)38(59)36(57)31(17-52)69-45)9-14-51(64-6)22(2)33-30(73-51)16-28-26-8-7-24-15-25(10-12-49(24,4)27(26)11-13-50(28,33)5)68-48-44(72-47-41(62)37(58)34(55)23(3)67-47)42(63)43(32(18-53)70-48)71-46-39(60)35(56)29(54)20-66-46/h7,21-23,25-48,52-63H,8-20H2,1-6H3. The zero-order valence-corrected chi connectivity index (χ0v) is 42.8. The van der Waals surface area contributed by atoms with Gasteiger partial charge in [-0.05, 0) is 98.7 Å². The molecule has 5 heterocycles. The van der Waals surface area contributed by atoms with Gasteiger partial charge in [-0.1, -0.05) is 39.3 Å². The van der Waals surface area contributed by atoms with Crippen molar-refractivity contribution in [2.24, 2.45) is 46.3 Å². The molecule has 22 heteroatoms. The molecule has 9 rings (SSSR count). The minimum absolute atomic E-state index is 0.00549. The second kappa shape index (κ2) is 22.2. The number of aliphatic hydroxyl groups is 12. The lowest BCUT2D eigenvalue weighted by Gasteiger charge is -2.58. The van der Waals surface area contributed by atoms with Crippen molar-refractivity contribution in [1.29, 1.82) is 0 Å². The average molecular weight is 1050 g/mol. The zero-order chi connectivity index (χ0) is 52.6. The van der Waals surface area contributed by atoms with Crippen molar-refractivity contribution >= 4 is 0 Å². The van der Waals surface area contributed by atoms with Gasteiger partial charge in [0.1, 0.15) is 85.5 Å². The van der Waals surface area contributed by atoms with Crippen LogP contribution in [0.25, 0.3) is 0 Å². The molecule has 0 aromatic carbocycles. The van der Waals surface area contributed by atoms with E-state index in [-0.39, 0.29) is 47.9 Å². The second-order valence-electron chi connectivity index (χ2n) is 23.6. The van der Waals surface area contributed by atoms with Crippen molar-refractivity contribution in [3.63, 3.8) is 0 Å². The summed E-state index contributed by atoms with van der Waals surface area (Å²) < 4.78 is 61.1. The summed E-state index contributed by atoms with van der Waals surface area (Å²) in [6.07, 6.45) is -18.3. The van der Waals surface area contributed by atoms with Crippen LogP contribution in [0, 0.1) is 46.3 Å². The van der Waals surface area contributed by atoms with Crippen molar-refractivity contribution < 1.29 is 109 Å². The van der Waals surface area contributed by atoms with E-state index in [9.17, 15) is 61.3 Å². The van der Waals surface area contributed by atoms with Gasteiger partial charge in [-0.2, -0.15) is 0 Å². The lowest BCUT2D eigenvalue weighted by Crippen LogP contribution is -2.66. The molecule has 0 aromatic rings. The average Bonchev–Trinajstić information content (AvgIpc) is 3.83. The SMILES string of the molecule is COC1(CCC(C)COC2OC(CO)C(O)C(O)C2O)OC2CC3C4CC=C5CC(OC6OC(CO)C(OC7OCC(O)C(O)C7O)C(O)C6OC6OC(C)C(O)C(O)C6O)CCC5(C)C4CCC3(C)C2C1C. The molecule has 30 unspecified atom stereocenters. The summed E-state index contributed by atoms with van der Waals surface area (Å²) in [7, 11) is 1.72. The number of hydrogen-bond donors (Lipinski definition) is 12. The third-order valence-electron chi connectivity index (χ3n) is 19.4. The molecule has 0 amide bonds. The molecule has 9 aliphatic rings. The maximum atomic E-state index is 12.0. The quantitative estimate of drug-likeness (QED) is 0.0813. The fourth-order valence-electron chi connectivity index (χ4n) is 15.0. The highest BCUT2D eigenvalue weighted by Crippen LogP contribution is 2.70.